The fourth-order valence-corrected chi connectivity index (χ4v) is 2.64. The molecule has 2 aromatic carbocycles. The molecule has 4 heteroatoms. The van der Waals surface area contributed by atoms with E-state index >= 15 is 0 Å². The molecule has 1 aliphatic heterocycles. The zero-order chi connectivity index (χ0) is 16.6. The van der Waals surface area contributed by atoms with Crippen LogP contribution in [0, 0.1) is 0 Å². The van der Waals surface area contributed by atoms with Crippen LogP contribution in [0.3, 0.4) is 0 Å². The molecule has 0 aliphatic carbocycles. The Labute approximate surface area is 142 Å². The highest BCUT2D eigenvalue weighted by Crippen LogP contribution is 2.09. The van der Waals surface area contributed by atoms with Crippen molar-refractivity contribution in [2.45, 2.75) is 6.54 Å². The summed E-state index contributed by atoms with van der Waals surface area (Å²) in [4.78, 5) is 14.5. The van der Waals surface area contributed by atoms with Gasteiger partial charge in [-0.2, -0.15) is 0 Å². The third kappa shape index (κ3) is 4.78. The highest BCUT2D eigenvalue weighted by Gasteiger charge is 2.11. The van der Waals surface area contributed by atoms with Crippen LogP contribution >= 0.6 is 0 Å². The Balaban J connectivity index is 1.52. The number of benzene rings is 2. The average molecular weight is 322 g/mol. The Morgan fingerprint density at radius 3 is 2.46 bits per heavy atom. The van der Waals surface area contributed by atoms with E-state index in [4.69, 9.17) is 4.74 Å². The van der Waals surface area contributed by atoms with E-state index in [0.29, 0.717) is 5.56 Å². The molecule has 0 aromatic heterocycles. The maximum atomic E-state index is 12.1. The molecule has 124 valence electrons. The predicted octanol–water partition coefficient (Wildman–Crippen LogP) is 2.92. The van der Waals surface area contributed by atoms with Crippen molar-refractivity contribution in [3.8, 4) is 0 Å². The number of nitrogens with one attached hydrogen (secondary N) is 1. The number of hydrogen-bond donors (Lipinski definition) is 1. The van der Waals surface area contributed by atoms with Crippen molar-refractivity contribution in [2.75, 3.05) is 26.3 Å². The zero-order valence-corrected chi connectivity index (χ0v) is 13.7. The third-order valence-corrected chi connectivity index (χ3v) is 4.02. The summed E-state index contributed by atoms with van der Waals surface area (Å²) in [5, 5.41) is 2.80. The van der Waals surface area contributed by atoms with Crippen LogP contribution in [0.4, 0.5) is 0 Å². The molecular weight excluding hydrogens is 300 g/mol. The lowest BCUT2D eigenvalue weighted by molar-refractivity contribution is 0.0342. The maximum absolute atomic E-state index is 12.1. The first kappa shape index (κ1) is 16.4. The Hall–Kier alpha value is -2.43. The fourth-order valence-electron chi connectivity index (χ4n) is 2.64. The Kier molecular flexibility index (Phi) is 5.77. The highest BCUT2D eigenvalue weighted by atomic mass is 16.5. The summed E-state index contributed by atoms with van der Waals surface area (Å²) in [5.41, 5.74) is 2.94. The van der Waals surface area contributed by atoms with Crippen molar-refractivity contribution in [2.24, 2.45) is 0 Å². The predicted molar refractivity (Wildman–Crippen MR) is 95.5 cm³/mol. The van der Waals surface area contributed by atoms with Crippen LogP contribution in [-0.2, 0) is 11.3 Å². The molecule has 24 heavy (non-hydrogen) atoms. The van der Waals surface area contributed by atoms with Gasteiger partial charge in [0.15, 0.2) is 0 Å². The van der Waals surface area contributed by atoms with Gasteiger partial charge in [-0.05, 0) is 29.3 Å². The number of carbonyl (C=O) groups is 1. The molecule has 0 unspecified atom stereocenters. The number of rotatable bonds is 5. The molecule has 0 bridgehead atoms. The van der Waals surface area contributed by atoms with E-state index in [1.165, 1.54) is 5.56 Å². The minimum absolute atomic E-state index is 0.0971. The summed E-state index contributed by atoms with van der Waals surface area (Å²) in [6.45, 7) is 4.43. The van der Waals surface area contributed by atoms with Crippen molar-refractivity contribution in [3.05, 3.63) is 77.5 Å². The fraction of sp³-hybridized carbons (Fsp3) is 0.250. The van der Waals surface area contributed by atoms with Gasteiger partial charge in [-0.1, -0.05) is 42.5 Å². The normalized spacial score (nSPS) is 15.5. The quantitative estimate of drug-likeness (QED) is 0.920. The topological polar surface area (TPSA) is 41.6 Å². The van der Waals surface area contributed by atoms with Crippen molar-refractivity contribution >= 4 is 12.0 Å². The second kappa shape index (κ2) is 8.43. The van der Waals surface area contributed by atoms with E-state index < -0.39 is 0 Å². The van der Waals surface area contributed by atoms with Gasteiger partial charge in [-0.15, -0.1) is 0 Å². The standard InChI is InChI=1S/C20H22N2O2/c23-20(21-11-10-17-4-2-1-3-5-17)19-8-6-18(7-9-19)16-22-12-14-24-15-13-22/h1-11H,12-16H2,(H,21,23). The molecule has 1 fully saturated rings. The second-order valence-corrected chi connectivity index (χ2v) is 5.80. The van der Waals surface area contributed by atoms with E-state index in [0.717, 1.165) is 38.4 Å². The Morgan fingerprint density at radius 1 is 1.04 bits per heavy atom. The van der Waals surface area contributed by atoms with Gasteiger partial charge in [0.2, 0.25) is 0 Å². The van der Waals surface area contributed by atoms with Crippen LogP contribution in [0.1, 0.15) is 21.5 Å². The van der Waals surface area contributed by atoms with Crippen molar-refractivity contribution in [3.63, 3.8) is 0 Å². The number of morpholine rings is 1. The molecule has 0 saturated carbocycles. The summed E-state index contributed by atoms with van der Waals surface area (Å²) < 4.78 is 5.36. The minimum atomic E-state index is -0.0971. The lowest BCUT2D eigenvalue weighted by Gasteiger charge is -2.26. The van der Waals surface area contributed by atoms with Crippen LogP contribution in [0.5, 0.6) is 0 Å². The molecule has 1 aliphatic rings. The van der Waals surface area contributed by atoms with Crippen LogP contribution < -0.4 is 5.32 Å². The third-order valence-electron chi connectivity index (χ3n) is 4.02. The highest BCUT2D eigenvalue weighted by molar-refractivity contribution is 5.95. The van der Waals surface area contributed by atoms with Gasteiger partial charge in [-0.25, -0.2) is 0 Å². The van der Waals surface area contributed by atoms with Crippen molar-refractivity contribution in [1.82, 2.24) is 10.2 Å². The van der Waals surface area contributed by atoms with Gasteiger partial charge < -0.3 is 10.1 Å². The van der Waals surface area contributed by atoms with Crippen LogP contribution in [-0.4, -0.2) is 37.1 Å². The number of ether oxygens (including phenoxy) is 1. The van der Waals surface area contributed by atoms with Crippen LogP contribution in [0.15, 0.2) is 60.8 Å². The summed E-state index contributed by atoms with van der Waals surface area (Å²) in [7, 11) is 0. The lowest BCUT2D eigenvalue weighted by Crippen LogP contribution is -2.35. The van der Waals surface area contributed by atoms with Crippen molar-refractivity contribution in [1.29, 1.82) is 0 Å². The monoisotopic (exact) mass is 322 g/mol. The summed E-state index contributed by atoms with van der Waals surface area (Å²) in [6.07, 6.45) is 3.56. The number of carbonyl (C=O) groups excluding carboxylic acids is 1. The van der Waals surface area contributed by atoms with Gasteiger partial charge in [-0.3, -0.25) is 9.69 Å². The van der Waals surface area contributed by atoms with Gasteiger partial charge in [0, 0.05) is 31.4 Å². The summed E-state index contributed by atoms with van der Waals surface area (Å²) in [6, 6.07) is 17.7. The van der Waals surface area contributed by atoms with Gasteiger partial charge in [0.05, 0.1) is 13.2 Å². The number of nitrogens with zero attached hydrogens (tertiary/aromatic N) is 1. The second-order valence-electron chi connectivity index (χ2n) is 5.80. The van der Waals surface area contributed by atoms with E-state index in [1.807, 2.05) is 60.7 Å². The largest absolute Gasteiger partial charge is 0.379 e. The van der Waals surface area contributed by atoms with Crippen molar-refractivity contribution < 1.29 is 9.53 Å². The van der Waals surface area contributed by atoms with E-state index in [9.17, 15) is 4.79 Å². The van der Waals surface area contributed by atoms with Gasteiger partial charge in [0.1, 0.15) is 0 Å². The average Bonchev–Trinajstić information content (AvgIpc) is 2.64. The van der Waals surface area contributed by atoms with E-state index in [-0.39, 0.29) is 5.91 Å². The van der Waals surface area contributed by atoms with Crippen LogP contribution in [0.2, 0.25) is 0 Å². The molecule has 1 heterocycles. The molecule has 1 saturated heterocycles. The Bertz CT molecular complexity index is 675. The first-order chi connectivity index (χ1) is 11.8. The smallest absolute Gasteiger partial charge is 0.255 e. The first-order valence-electron chi connectivity index (χ1n) is 8.23. The molecule has 4 nitrogen and oxygen atoms in total. The van der Waals surface area contributed by atoms with E-state index in [2.05, 4.69) is 10.2 Å². The molecule has 1 N–H and O–H groups in total. The lowest BCUT2D eigenvalue weighted by atomic mass is 10.1. The molecular formula is C20H22N2O2. The molecule has 3 rings (SSSR count). The number of amides is 1. The zero-order valence-electron chi connectivity index (χ0n) is 13.7. The van der Waals surface area contributed by atoms with Gasteiger partial charge >= 0.3 is 0 Å². The molecule has 2 aromatic rings. The van der Waals surface area contributed by atoms with Gasteiger partial charge in [0.25, 0.3) is 5.91 Å². The SMILES string of the molecule is O=C(NC=Cc1ccccc1)c1ccc(CN2CCOCC2)cc1. The molecule has 0 spiro atoms. The maximum Gasteiger partial charge on any atom is 0.255 e. The summed E-state index contributed by atoms with van der Waals surface area (Å²) in [5.74, 6) is -0.0971. The number of hydrogen-bond acceptors (Lipinski definition) is 3. The minimum Gasteiger partial charge on any atom is -0.379 e. The first-order valence-corrected chi connectivity index (χ1v) is 8.23. The molecule has 0 radical (unpaired) electrons. The molecule has 1 amide bonds. The summed E-state index contributed by atoms with van der Waals surface area (Å²) >= 11 is 0. The molecule has 0 atom stereocenters. The van der Waals surface area contributed by atoms with E-state index in [1.54, 1.807) is 6.20 Å². The van der Waals surface area contributed by atoms with Crippen LogP contribution in [0.25, 0.3) is 6.08 Å². The Morgan fingerprint density at radius 2 is 1.75 bits per heavy atom.